The van der Waals surface area contributed by atoms with Gasteiger partial charge in [-0.2, -0.15) is 0 Å². The van der Waals surface area contributed by atoms with Crippen molar-refractivity contribution in [1.82, 2.24) is 0 Å². The van der Waals surface area contributed by atoms with Gasteiger partial charge in [-0.25, -0.2) is 0 Å². The van der Waals surface area contributed by atoms with Gasteiger partial charge in [0.2, 0.25) is 0 Å². The van der Waals surface area contributed by atoms with Crippen molar-refractivity contribution >= 4 is 17.5 Å². The van der Waals surface area contributed by atoms with E-state index in [1.165, 1.54) is 22.8 Å². The normalized spacial score (nSPS) is 23.9. The van der Waals surface area contributed by atoms with Crippen LogP contribution in [0.5, 0.6) is 0 Å². The summed E-state index contributed by atoms with van der Waals surface area (Å²) in [6, 6.07) is 0. The molecule has 0 amide bonds. The van der Waals surface area contributed by atoms with Crippen LogP contribution in [0.2, 0.25) is 0 Å². The van der Waals surface area contributed by atoms with E-state index in [9.17, 15) is 14.4 Å². The van der Waals surface area contributed by atoms with Gasteiger partial charge in [0.15, 0.2) is 11.6 Å². The standard InChI is InChI=1S/C28H38O4/c1-17(2)22-12-11-19(5)9-8-10-20(6)15-26(22)32-27(30)14-13-23-21(7)25(29)16-24(18(3)4)28(23)31/h10-11,16,18,26H,8-9,12-15H2,1-7H3/b19-11+,20-10+. The van der Waals surface area contributed by atoms with E-state index in [-0.39, 0.29) is 42.4 Å². The zero-order valence-corrected chi connectivity index (χ0v) is 20.8. The van der Waals surface area contributed by atoms with E-state index >= 15 is 0 Å². The van der Waals surface area contributed by atoms with Crippen molar-refractivity contribution in [3.63, 3.8) is 0 Å². The molecular formula is C28H38O4. The summed E-state index contributed by atoms with van der Waals surface area (Å²) in [5.41, 5.74) is 6.27. The second kappa shape index (κ2) is 11.4. The minimum absolute atomic E-state index is 0.0315. The van der Waals surface area contributed by atoms with Crippen molar-refractivity contribution < 1.29 is 19.1 Å². The molecule has 0 aromatic rings. The molecule has 4 nitrogen and oxygen atoms in total. The summed E-state index contributed by atoms with van der Waals surface area (Å²) < 4.78 is 5.97. The Kier molecular flexibility index (Phi) is 9.18. The molecule has 0 aromatic carbocycles. The van der Waals surface area contributed by atoms with Crippen molar-refractivity contribution in [1.29, 1.82) is 0 Å². The second-order valence-electron chi connectivity index (χ2n) is 9.60. The average Bonchev–Trinajstić information content (AvgIpc) is 2.69. The van der Waals surface area contributed by atoms with Crippen LogP contribution in [0.1, 0.15) is 87.0 Å². The Balaban J connectivity index is 2.16. The summed E-state index contributed by atoms with van der Waals surface area (Å²) in [7, 11) is 0. The number of allylic oxidation sites excluding steroid dienone is 8. The fraction of sp³-hybridized carbons (Fsp3) is 0.536. The number of Topliss-reactive ketones (excluding diaryl/α,β-unsaturated/α-hetero) is 1. The first kappa shape index (κ1) is 25.8. The number of esters is 1. The third kappa shape index (κ3) is 6.75. The van der Waals surface area contributed by atoms with Gasteiger partial charge in [-0.3, -0.25) is 14.4 Å². The Morgan fingerprint density at radius 1 is 1.09 bits per heavy atom. The van der Waals surface area contributed by atoms with Crippen LogP contribution in [0.3, 0.4) is 0 Å². The summed E-state index contributed by atoms with van der Waals surface area (Å²) in [5.74, 6) is -0.622. The third-order valence-corrected chi connectivity index (χ3v) is 6.36. The van der Waals surface area contributed by atoms with Crippen LogP contribution in [0, 0.1) is 5.92 Å². The molecule has 2 aliphatic carbocycles. The molecule has 1 atom stereocenters. The van der Waals surface area contributed by atoms with Crippen LogP contribution in [0.4, 0.5) is 0 Å². The Bertz CT molecular complexity index is 930. The van der Waals surface area contributed by atoms with Gasteiger partial charge < -0.3 is 4.74 Å². The van der Waals surface area contributed by atoms with E-state index in [0.717, 1.165) is 24.8 Å². The van der Waals surface area contributed by atoms with Crippen LogP contribution in [0.25, 0.3) is 0 Å². The van der Waals surface area contributed by atoms with Crippen LogP contribution in [-0.4, -0.2) is 23.6 Å². The maximum Gasteiger partial charge on any atom is 0.306 e. The molecule has 174 valence electrons. The molecule has 2 aliphatic rings. The summed E-state index contributed by atoms with van der Waals surface area (Å²) >= 11 is 0. The molecule has 1 unspecified atom stereocenters. The maximum atomic E-state index is 12.8. The Morgan fingerprint density at radius 3 is 2.41 bits per heavy atom. The second-order valence-corrected chi connectivity index (χ2v) is 9.60. The lowest BCUT2D eigenvalue weighted by Gasteiger charge is -2.24. The minimum atomic E-state index is -0.333. The molecule has 0 bridgehead atoms. The van der Waals surface area contributed by atoms with E-state index in [4.69, 9.17) is 4.74 Å². The summed E-state index contributed by atoms with van der Waals surface area (Å²) in [5, 5.41) is 0. The molecule has 0 N–H and O–H groups in total. The van der Waals surface area contributed by atoms with Crippen LogP contribution < -0.4 is 0 Å². The average molecular weight is 439 g/mol. The number of carbonyl (C=O) groups excluding carboxylic acids is 3. The monoisotopic (exact) mass is 438 g/mol. The quantitative estimate of drug-likeness (QED) is 0.278. The molecule has 0 aliphatic heterocycles. The lowest BCUT2D eigenvalue weighted by molar-refractivity contribution is -0.147. The zero-order chi connectivity index (χ0) is 24.0. The SMILES string of the molecule is CC(C)=C1C/C=C(\C)CC/C=C(\C)CC1OC(=O)CCC1=C(C)C(=O)C=C(C(C)C)C1=O. The van der Waals surface area contributed by atoms with Gasteiger partial charge in [0, 0.05) is 29.6 Å². The fourth-order valence-corrected chi connectivity index (χ4v) is 4.18. The topological polar surface area (TPSA) is 60.4 Å². The van der Waals surface area contributed by atoms with Crippen molar-refractivity contribution in [2.45, 2.75) is 93.1 Å². The Morgan fingerprint density at radius 2 is 1.78 bits per heavy atom. The predicted octanol–water partition coefficient (Wildman–Crippen LogP) is 6.53. The Hall–Kier alpha value is -2.49. The fourth-order valence-electron chi connectivity index (χ4n) is 4.18. The molecule has 2 rings (SSSR count). The lowest BCUT2D eigenvalue weighted by Crippen LogP contribution is -2.24. The van der Waals surface area contributed by atoms with Gasteiger partial charge in [0.05, 0.1) is 0 Å². The number of hydrogen-bond donors (Lipinski definition) is 0. The summed E-state index contributed by atoms with van der Waals surface area (Å²) in [6.07, 6.45) is 9.40. The first-order chi connectivity index (χ1) is 15.0. The molecule has 4 heteroatoms. The highest BCUT2D eigenvalue weighted by Crippen LogP contribution is 2.29. The van der Waals surface area contributed by atoms with E-state index < -0.39 is 0 Å². The smallest absolute Gasteiger partial charge is 0.306 e. The number of rotatable bonds is 5. The molecule has 0 saturated carbocycles. The molecule has 0 fully saturated rings. The lowest BCUT2D eigenvalue weighted by atomic mass is 9.83. The van der Waals surface area contributed by atoms with E-state index in [1.807, 2.05) is 13.8 Å². The van der Waals surface area contributed by atoms with Gasteiger partial charge in [0.1, 0.15) is 6.10 Å². The van der Waals surface area contributed by atoms with Crippen LogP contribution >= 0.6 is 0 Å². The van der Waals surface area contributed by atoms with Crippen LogP contribution in [-0.2, 0) is 19.1 Å². The first-order valence-corrected chi connectivity index (χ1v) is 11.7. The first-order valence-electron chi connectivity index (χ1n) is 11.7. The molecule has 0 aromatic heterocycles. The molecule has 32 heavy (non-hydrogen) atoms. The summed E-state index contributed by atoms with van der Waals surface area (Å²) in [6.45, 7) is 13.8. The van der Waals surface area contributed by atoms with Gasteiger partial charge in [-0.15, -0.1) is 0 Å². The molecular weight excluding hydrogens is 400 g/mol. The third-order valence-electron chi connectivity index (χ3n) is 6.36. The number of hydrogen-bond acceptors (Lipinski definition) is 4. The van der Waals surface area contributed by atoms with E-state index in [1.54, 1.807) is 6.92 Å². The van der Waals surface area contributed by atoms with Crippen molar-refractivity contribution in [2.75, 3.05) is 0 Å². The Labute approximate surface area is 193 Å². The molecule has 0 spiro atoms. The highest BCUT2D eigenvalue weighted by molar-refractivity contribution is 6.22. The number of ketones is 2. The maximum absolute atomic E-state index is 12.8. The predicted molar refractivity (Wildman–Crippen MR) is 129 cm³/mol. The molecule has 0 heterocycles. The van der Waals surface area contributed by atoms with Crippen molar-refractivity contribution in [2.24, 2.45) is 5.92 Å². The minimum Gasteiger partial charge on any atom is -0.457 e. The van der Waals surface area contributed by atoms with Gasteiger partial charge >= 0.3 is 5.97 Å². The van der Waals surface area contributed by atoms with E-state index in [0.29, 0.717) is 23.1 Å². The number of ether oxygens (including phenoxy) is 1. The van der Waals surface area contributed by atoms with E-state index in [2.05, 4.69) is 39.8 Å². The number of carbonyl (C=O) groups is 3. The van der Waals surface area contributed by atoms with Crippen LogP contribution in [0.15, 0.2) is 57.2 Å². The zero-order valence-electron chi connectivity index (χ0n) is 20.8. The molecule has 0 radical (unpaired) electrons. The van der Waals surface area contributed by atoms with Gasteiger partial charge in [-0.1, -0.05) is 42.7 Å². The molecule has 0 saturated heterocycles. The largest absolute Gasteiger partial charge is 0.457 e. The van der Waals surface area contributed by atoms with Gasteiger partial charge in [0.25, 0.3) is 0 Å². The highest BCUT2D eigenvalue weighted by Gasteiger charge is 2.28. The van der Waals surface area contributed by atoms with Gasteiger partial charge in [-0.05, 0) is 77.9 Å². The van der Waals surface area contributed by atoms with Crippen molar-refractivity contribution in [3.8, 4) is 0 Å². The highest BCUT2D eigenvalue weighted by atomic mass is 16.5. The van der Waals surface area contributed by atoms with Crippen molar-refractivity contribution in [3.05, 3.63) is 57.2 Å². The summed E-state index contributed by atoms with van der Waals surface area (Å²) in [4.78, 5) is 38.0.